The molecule has 7 heteroatoms. The Labute approximate surface area is 132 Å². The van der Waals surface area contributed by atoms with E-state index in [9.17, 15) is 13.2 Å². The Morgan fingerprint density at radius 2 is 1.82 bits per heavy atom. The van der Waals surface area contributed by atoms with Crippen LogP contribution in [0.3, 0.4) is 0 Å². The first-order valence-electron chi connectivity index (χ1n) is 7.45. The van der Waals surface area contributed by atoms with Crippen LogP contribution < -0.4 is 10.1 Å². The number of benzene rings is 1. The van der Waals surface area contributed by atoms with Crippen molar-refractivity contribution in [3.05, 3.63) is 24.3 Å². The molecule has 0 aliphatic heterocycles. The van der Waals surface area contributed by atoms with Crippen molar-refractivity contribution in [2.24, 2.45) is 0 Å². The summed E-state index contributed by atoms with van der Waals surface area (Å²) >= 11 is 0. The van der Waals surface area contributed by atoms with Crippen molar-refractivity contribution >= 4 is 15.9 Å². The predicted octanol–water partition coefficient (Wildman–Crippen LogP) is 1.62. The van der Waals surface area contributed by atoms with Crippen molar-refractivity contribution in [1.82, 2.24) is 9.62 Å². The minimum absolute atomic E-state index is 0.154. The number of nitrogens with one attached hydrogen (secondary N) is 1. The average molecular weight is 328 g/mol. The molecule has 0 aliphatic rings. The summed E-state index contributed by atoms with van der Waals surface area (Å²) < 4.78 is 31.6. The largest absolute Gasteiger partial charge is 0.494 e. The fourth-order valence-electron chi connectivity index (χ4n) is 1.87. The van der Waals surface area contributed by atoms with Crippen LogP contribution in [-0.4, -0.2) is 44.9 Å². The van der Waals surface area contributed by atoms with Crippen molar-refractivity contribution in [1.29, 1.82) is 0 Å². The van der Waals surface area contributed by atoms with Crippen molar-refractivity contribution in [2.45, 2.75) is 32.1 Å². The zero-order chi connectivity index (χ0) is 16.6. The highest BCUT2D eigenvalue weighted by molar-refractivity contribution is 7.89. The maximum atomic E-state index is 12.5. The fraction of sp³-hybridized carbons (Fsp3) is 0.533. The van der Waals surface area contributed by atoms with E-state index in [2.05, 4.69) is 5.32 Å². The molecule has 0 saturated carbocycles. The lowest BCUT2D eigenvalue weighted by Gasteiger charge is -2.20. The van der Waals surface area contributed by atoms with Crippen LogP contribution in [0, 0.1) is 0 Å². The van der Waals surface area contributed by atoms with Gasteiger partial charge in [-0.3, -0.25) is 4.79 Å². The SMILES string of the molecule is CCCNC(=O)CN(CC)S(=O)(=O)c1ccc(OCC)cc1. The van der Waals surface area contributed by atoms with Gasteiger partial charge in [0.2, 0.25) is 15.9 Å². The third-order valence-corrected chi connectivity index (χ3v) is 4.95. The van der Waals surface area contributed by atoms with E-state index in [1.165, 1.54) is 12.1 Å². The highest BCUT2D eigenvalue weighted by Gasteiger charge is 2.25. The third kappa shape index (κ3) is 4.99. The molecule has 1 aromatic carbocycles. The number of amides is 1. The topological polar surface area (TPSA) is 75.7 Å². The molecule has 0 aliphatic carbocycles. The molecule has 0 unspecified atom stereocenters. The number of sulfonamides is 1. The number of carbonyl (C=O) groups excluding carboxylic acids is 1. The molecule has 1 N–H and O–H groups in total. The molecule has 0 saturated heterocycles. The summed E-state index contributed by atoms with van der Waals surface area (Å²) in [7, 11) is -3.69. The maximum absolute atomic E-state index is 12.5. The second-order valence-corrected chi connectivity index (χ2v) is 6.62. The first-order chi connectivity index (χ1) is 10.5. The number of ether oxygens (including phenoxy) is 1. The van der Waals surface area contributed by atoms with Crippen molar-refractivity contribution in [3.8, 4) is 5.75 Å². The van der Waals surface area contributed by atoms with E-state index >= 15 is 0 Å². The lowest BCUT2D eigenvalue weighted by atomic mass is 10.3. The molecule has 0 bridgehead atoms. The van der Waals surface area contributed by atoms with E-state index < -0.39 is 10.0 Å². The van der Waals surface area contributed by atoms with E-state index in [4.69, 9.17) is 4.74 Å². The molecule has 1 aromatic rings. The minimum Gasteiger partial charge on any atom is -0.494 e. The molecule has 6 nitrogen and oxygen atoms in total. The fourth-order valence-corrected chi connectivity index (χ4v) is 3.28. The Hall–Kier alpha value is -1.60. The Morgan fingerprint density at radius 3 is 2.32 bits per heavy atom. The summed E-state index contributed by atoms with van der Waals surface area (Å²) in [4.78, 5) is 11.9. The van der Waals surface area contributed by atoms with E-state index in [1.807, 2.05) is 13.8 Å². The van der Waals surface area contributed by atoms with Crippen LogP contribution in [-0.2, 0) is 14.8 Å². The monoisotopic (exact) mass is 328 g/mol. The summed E-state index contributed by atoms with van der Waals surface area (Å²) in [6.07, 6.45) is 0.809. The smallest absolute Gasteiger partial charge is 0.243 e. The van der Waals surface area contributed by atoms with Gasteiger partial charge in [-0.05, 0) is 37.6 Å². The average Bonchev–Trinajstić information content (AvgIpc) is 2.51. The molecule has 1 rings (SSSR count). The number of hydrogen-bond donors (Lipinski definition) is 1. The maximum Gasteiger partial charge on any atom is 0.243 e. The van der Waals surface area contributed by atoms with Crippen molar-refractivity contribution < 1.29 is 17.9 Å². The van der Waals surface area contributed by atoms with Gasteiger partial charge < -0.3 is 10.1 Å². The Balaban J connectivity index is 2.86. The van der Waals surface area contributed by atoms with Crippen LogP contribution in [0.15, 0.2) is 29.2 Å². The standard InChI is InChI=1S/C15H24N2O4S/c1-4-11-16-15(18)12-17(5-2)22(19,20)14-9-7-13(8-10-14)21-6-3/h7-10H,4-6,11-12H2,1-3H3,(H,16,18). The zero-order valence-electron chi connectivity index (χ0n) is 13.3. The molecular weight excluding hydrogens is 304 g/mol. The molecule has 0 atom stereocenters. The number of rotatable bonds is 9. The van der Waals surface area contributed by atoms with E-state index in [0.29, 0.717) is 18.9 Å². The number of likely N-dealkylation sites (N-methyl/N-ethyl adjacent to an activating group) is 1. The minimum atomic E-state index is -3.69. The van der Waals surface area contributed by atoms with Crippen LogP contribution in [0.2, 0.25) is 0 Å². The normalized spacial score (nSPS) is 11.5. The van der Waals surface area contributed by atoms with Gasteiger partial charge in [-0.2, -0.15) is 4.31 Å². The molecule has 0 fully saturated rings. The van der Waals surface area contributed by atoms with Crippen molar-refractivity contribution in [2.75, 3.05) is 26.2 Å². The molecule has 0 radical (unpaired) electrons. The molecule has 0 heterocycles. The first-order valence-corrected chi connectivity index (χ1v) is 8.89. The lowest BCUT2D eigenvalue weighted by Crippen LogP contribution is -2.40. The summed E-state index contributed by atoms with van der Waals surface area (Å²) in [5.74, 6) is 0.323. The highest BCUT2D eigenvalue weighted by atomic mass is 32.2. The van der Waals surface area contributed by atoms with E-state index in [1.54, 1.807) is 19.1 Å². The van der Waals surface area contributed by atoms with Crippen LogP contribution in [0.5, 0.6) is 5.75 Å². The first kappa shape index (κ1) is 18.4. The van der Waals surface area contributed by atoms with E-state index in [0.717, 1.165) is 10.7 Å². The van der Waals surface area contributed by atoms with Gasteiger partial charge in [0, 0.05) is 13.1 Å². The molecule has 1 amide bonds. The van der Waals surface area contributed by atoms with Gasteiger partial charge in [0.05, 0.1) is 18.0 Å². The summed E-state index contributed by atoms with van der Waals surface area (Å²) in [5, 5.41) is 2.68. The van der Waals surface area contributed by atoms with Crippen LogP contribution in [0.4, 0.5) is 0 Å². The van der Waals surface area contributed by atoms with Gasteiger partial charge in [-0.15, -0.1) is 0 Å². The summed E-state index contributed by atoms with van der Waals surface area (Å²) in [6, 6.07) is 6.21. The Kier molecular flexibility index (Phi) is 7.34. The van der Waals surface area contributed by atoms with Crippen LogP contribution in [0.25, 0.3) is 0 Å². The molecular formula is C15H24N2O4S. The molecule has 0 spiro atoms. The lowest BCUT2D eigenvalue weighted by molar-refractivity contribution is -0.121. The Bertz CT molecular complexity index is 570. The van der Waals surface area contributed by atoms with Gasteiger partial charge in [-0.1, -0.05) is 13.8 Å². The number of nitrogens with zero attached hydrogens (tertiary/aromatic N) is 1. The van der Waals surface area contributed by atoms with Crippen molar-refractivity contribution in [3.63, 3.8) is 0 Å². The van der Waals surface area contributed by atoms with Gasteiger partial charge >= 0.3 is 0 Å². The second kappa shape index (κ2) is 8.75. The highest BCUT2D eigenvalue weighted by Crippen LogP contribution is 2.19. The third-order valence-electron chi connectivity index (χ3n) is 3.02. The molecule has 22 heavy (non-hydrogen) atoms. The van der Waals surface area contributed by atoms with Gasteiger partial charge in [0.15, 0.2) is 0 Å². The second-order valence-electron chi connectivity index (χ2n) is 4.69. The number of carbonyl (C=O) groups is 1. The zero-order valence-corrected chi connectivity index (χ0v) is 14.1. The molecule has 124 valence electrons. The Morgan fingerprint density at radius 1 is 1.18 bits per heavy atom. The van der Waals surface area contributed by atoms with Gasteiger partial charge in [0.25, 0.3) is 0 Å². The quantitative estimate of drug-likeness (QED) is 0.747. The van der Waals surface area contributed by atoms with E-state index in [-0.39, 0.29) is 23.9 Å². The van der Waals surface area contributed by atoms with Crippen LogP contribution >= 0.6 is 0 Å². The molecule has 0 aromatic heterocycles. The summed E-state index contributed by atoms with van der Waals surface area (Å²) in [5.41, 5.74) is 0. The van der Waals surface area contributed by atoms with Gasteiger partial charge in [-0.25, -0.2) is 8.42 Å². The predicted molar refractivity (Wildman–Crippen MR) is 85.3 cm³/mol. The van der Waals surface area contributed by atoms with Crippen LogP contribution in [0.1, 0.15) is 27.2 Å². The van der Waals surface area contributed by atoms with Gasteiger partial charge in [0.1, 0.15) is 5.75 Å². The number of hydrogen-bond acceptors (Lipinski definition) is 4. The summed E-state index contributed by atoms with van der Waals surface area (Å²) in [6.45, 7) is 6.62.